The van der Waals surface area contributed by atoms with Crippen molar-refractivity contribution in [2.24, 2.45) is 11.8 Å². The second-order valence-electron chi connectivity index (χ2n) is 5.31. The molecule has 0 spiro atoms. The van der Waals surface area contributed by atoms with E-state index in [4.69, 9.17) is 5.11 Å². The van der Waals surface area contributed by atoms with Crippen LogP contribution in [0.3, 0.4) is 0 Å². The van der Waals surface area contributed by atoms with Gasteiger partial charge in [0, 0.05) is 19.1 Å². The molecule has 0 aromatic heterocycles. The molecular weight excluding hydrogens is 220 g/mol. The first-order valence-corrected chi connectivity index (χ1v) is 6.18. The Morgan fingerprint density at radius 2 is 1.76 bits per heavy atom. The van der Waals surface area contributed by atoms with E-state index in [0.29, 0.717) is 12.5 Å². The number of hydrogen-bond donors (Lipinski definition) is 1. The quantitative estimate of drug-likeness (QED) is 0.768. The van der Waals surface area contributed by atoms with Crippen molar-refractivity contribution in [3.05, 3.63) is 0 Å². The molecule has 1 N–H and O–H groups in total. The van der Waals surface area contributed by atoms with Crippen LogP contribution in [0, 0.1) is 11.8 Å². The fourth-order valence-electron chi connectivity index (χ4n) is 2.58. The molecule has 1 saturated heterocycles. The maximum Gasteiger partial charge on any atom is 0.307 e. The van der Waals surface area contributed by atoms with E-state index in [9.17, 15) is 9.59 Å². The first kappa shape index (κ1) is 12.4. The Labute approximate surface area is 101 Å². The van der Waals surface area contributed by atoms with Gasteiger partial charge in [-0.25, -0.2) is 0 Å². The van der Waals surface area contributed by atoms with Gasteiger partial charge in [0.1, 0.15) is 0 Å². The number of carboxylic acids is 1. The minimum Gasteiger partial charge on any atom is -0.481 e. The number of aliphatic carboxylic acids is 1. The fourth-order valence-corrected chi connectivity index (χ4v) is 2.58. The number of piperidine rings is 1. The van der Waals surface area contributed by atoms with E-state index in [1.54, 1.807) is 0 Å². The molecule has 2 rings (SSSR count). The largest absolute Gasteiger partial charge is 0.481 e. The molecule has 1 aliphatic carbocycles. The summed E-state index contributed by atoms with van der Waals surface area (Å²) in [4.78, 5) is 26.8. The predicted molar refractivity (Wildman–Crippen MR) is 62.5 cm³/mol. The lowest BCUT2D eigenvalue weighted by molar-refractivity contribution is -0.142. The van der Waals surface area contributed by atoms with E-state index < -0.39 is 11.9 Å². The van der Waals surface area contributed by atoms with Crippen LogP contribution in [0.4, 0.5) is 0 Å². The number of hydrogen-bond acceptors (Lipinski definition) is 3. The Bertz CT molecular complexity index is 322. The summed E-state index contributed by atoms with van der Waals surface area (Å²) >= 11 is 0. The number of carbonyl (C=O) groups excluding carboxylic acids is 1. The van der Waals surface area contributed by atoms with Crippen molar-refractivity contribution in [2.45, 2.75) is 25.3 Å². The number of nitrogens with zero attached hydrogens (tertiary/aromatic N) is 2. The van der Waals surface area contributed by atoms with Crippen molar-refractivity contribution < 1.29 is 14.7 Å². The minimum absolute atomic E-state index is 0.0506. The van der Waals surface area contributed by atoms with Crippen LogP contribution in [0.15, 0.2) is 0 Å². The molecule has 0 aromatic carbocycles. The summed E-state index contributed by atoms with van der Waals surface area (Å²) in [6.07, 6.45) is 2.51. The van der Waals surface area contributed by atoms with Gasteiger partial charge in [-0.05, 0) is 33.4 Å². The second kappa shape index (κ2) is 4.64. The Hall–Kier alpha value is -1.10. The maximum atomic E-state index is 12.0. The highest BCUT2D eigenvalue weighted by Crippen LogP contribution is 2.40. The molecular formula is C12H20N2O3. The molecule has 5 heteroatoms. The SMILES string of the molecule is CN(C)C1CCN(C(=O)C2CC2C(=O)O)CC1. The Morgan fingerprint density at radius 1 is 1.18 bits per heavy atom. The Kier molecular flexibility index (Phi) is 3.38. The van der Waals surface area contributed by atoms with Gasteiger partial charge < -0.3 is 14.9 Å². The summed E-state index contributed by atoms with van der Waals surface area (Å²) in [5.41, 5.74) is 0. The number of carboxylic acid groups (broad SMARTS) is 1. The predicted octanol–water partition coefficient (Wildman–Crippen LogP) is 0.260. The van der Waals surface area contributed by atoms with Crippen molar-refractivity contribution in [3.63, 3.8) is 0 Å². The standard InChI is InChI=1S/C12H20N2O3/c1-13(2)8-3-5-14(6-4-8)11(15)9-7-10(9)12(16)17/h8-10H,3-7H2,1-2H3,(H,16,17). The molecule has 0 aromatic rings. The normalized spacial score (nSPS) is 29.5. The highest BCUT2D eigenvalue weighted by atomic mass is 16.4. The zero-order chi connectivity index (χ0) is 12.6. The highest BCUT2D eigenvalue weighted by molar-refractivity contribution is 5.89. The lowest BCUT2D eigenvalue weighted by atomic mass is 10.0. The van der Waals surface area contributed by atoms with Crippen molar-refractivity contribution >= 4 is 11.9 Å². The highest BCUT2D eigenvalue weighted by Gasteiger charge is 2.50. The van der Waals surface area contributed by atoms with E-state index in [0.717, 1.165) is 25.9 Å². The summed E-state index contributed by atoms with van der Waals surface area (Å²) in [6, 6.07) is 0.550. The Morgan fingerprint density at radius 3 is 2.18 bits per heavy atom. The second-order valence-corrected chi connectivity index (χ2v) is 5.31. The molecule has 1 amide bonds. The van der Waals surface area contributed by atoms with Crippen LogP contribution < -0.4 is 0 Å². The van der Waals surface area contributed by atoms with Gasteiger partial charge in [-0.1, -0.05) is 0 Å². The first-order chi connectivity index (χ1) is 8.00. The first-order valence-electron chi connectivity index (χ1n) is 6.18. The topological polar surface area (TPSA) is 60.9 Å². The smallest absolute Gasteiger partial charge is 0.307 e. The number of likely N-dealkylation sites (tertiary alicyclic amines) is 1. The average molecular weight is 240 g/mol. The van der Waals surface area contributed by atoms with E-state index in [1.165, 1.54) is 0 Å². The summed E-state index contributed by atoms with van der Waals surface area (Å²) in [5, 5.41) is 8.81. The molecule has 2 unspecified atom stereocenters. The maximum absolute atomic E-state index is 12.0. The summed E-state index contributed by atoms with van der Waals surface area (Å²) in [6.45, 7) is 1.54. The zero-order valence-electron chi connectivity index (χ0n) is 10.4. The van der Waals surface area contributed by atoms with E-state index in [1.807, 2.05) is 4.90 Å². The van der Waals surface area contributed by atoms with Crippen LogP contribution in [-0.4, -0.2) is 60.0 Å². The zero-order valence-corrected chi connectivity index (χ0v) is 10.4. The molecule has 17 heavy (non-hydrogen) atoms. The number of carbonyl (C=O) groups is 2. The molecule has 1 saturated carbocycles. The summed E-state index contributed by atoms with van der Waals surface area (Å²) < 4.78 is 0. The average Bonchev–Trinajstić information content (AvgIpc) is 3.08. The van der Waals surface area contributed by atoms with Crippen LogP contribution in [0.2, 0.25) is 0 Å². The van der Waals surface area contributed by atoms with Gasteiger partial charge >= 0.3 is 5.97 Å². The molecule has 1 aliphatic heterocycles. The third-order valence-corrected chi connectivity index (χ3v) is 3.93. The molecule has 96 valence electrons. The Balaban J connectivity index is 1.82. The van der Waals surface area contributed by atoms with Crippen LogP contribution >= 0.6 is 0 Å². The molecule has 2 fully saturated rings. The van der Waals surface area contributed by atoms with Crippen LogP contribution in [0.25, 0.3) is 0 Å². The lowest BCUT2D eigenvalue weighted by Gasteiger charge is -2.35. The van der Waals surface area contributed by atoms with Crippen LogP contribution in [0.1, 0.15) is 19.3 Å². The fraction of sp³-hybridized carbons (Fsp3) is 0.833. The van der Waals surface area contributed by atoms with Gasteiger partial charge in [-0.3, -0.25) is 9.59 Å². The van der Waals surface area contributed by atoms with Gasteiger partial charge in [0.25, 0.3) is 0 Å². The van der Waals surface area contributed by atoms with Gasteiger partial charge in [0.05, 0.1) is 11.8 Å². The van der Waals surface area contributed by atoms with E-state index in [-0.39, 0.29) is 11.8 Å². The third-order valence-electron chi connectivity index (χ3n) is 3.93. The molecule has 2 atom stereocenters. The molecule has 5 nitrogen and oxygen atoms in total. The van der Waals surface area contributed by atoms with Gasteiger partial charge in [0.15, 0.2) is 0 Å². The number of rotatable bonds is 3. The third kappa shape index (κ3) is 2.60. The summed E-state index contributed by atoms with van der Waals surface area (Å²) in [5.74, 6) is -1.45. The van der Waals surface area contributed by atoms with E-state index >= 15 is 0 Å². The van der Waals surface area contributed by atoms with Crippen LogP contribution in [-0.2, 0) is 9.59 Å². The van der Waals surface area contributed by atoms with E-state index in [2.05, 4.69) is 19.0 Å². The molecule has 0 bridgehead atoms. The molecule has 0 radical (unpaired) electrons. The molecule has 2 aliphatic rings. The van der Waals surface area contributed by atoms with Gasteiger partial charge in [-0.15, -0.1) is 0 Å². The lowest BCUT2D eigenvalue weighted by Crippen LogP contribution is -2.45. The summed E-state index contributed by atoms with van der Waals surface area (Å²) in [7, 11) is 4.12. The molecule has 1 heterocycles. The van der Waals surface area contributed by atoms with Crippen molar-refractivity contribution in [1.82, 2.24) is 9.80 Å². The van der Waals surface area contributed by atoms with Crippen molar-refractivity contribution in [2.75, 3.05) is 27.2 Å². The van der Waals surface area contributed by atoms with Gasteiger partial charge in [-0.2, -0.15) is 0 Å². The van der Waals surface area contributed by atoms with Crippen molar-refractivity contribution in [3.8, 4) is 0 Å². The van der Waals surface area contributed by atoms with Crippen molar-refractivity contribution in [1.29, 1.82) is 0 Å². The minimum atomic E-state index is -0.827. The van der Waals surface area contributed by atoms with Crippen LogP contribution in [0.5, 0.6) is 0 Å². The monoisotopic (exact) mass is 240 g/mol. The number of amides is 1. The van der Waals surface area contributed by atoms with Gasteiger partial charge in [0.2, 0.25) is 5.91 Å².